The van der Waals surface area contributed by atoms with Crippen molar-refractivity contribution in [3.05, 3.63) is 64.5 Å². The van der Waals surface area contributed by atoms with E-state index in [1.54, 1.807) is 24.0 Å². The highest BCUT2D eigenvalue weighted by Gasteiger charge is 2.41. The molecule has 0 radical (unpaired) electrons. The fraction of sp³-hybridized carbons (Fsp3) is 0.263. The molecule has 0 spiro atoms. The molecule has 0 aromatic heterocycles. The maximum atomic E-state index is 13.2. The zero-order valence-electron chi connectivity index (χ0n) is 13.3. The molecular weight excluding hydrogens is 291 g/mol. The molecule has 2 aromatic rings. The number of fused-ring (bicyclic) bond motifs is 1. The van der Waals surface area contributed by atoms with E-state index in [9.17, 15) is 14.4 Å². The molecule has 116 valence electrons. The van der Waals surface area contributed by atoms with Gasteiger partial charge in [0.15, 0.2) is 0 Å². The number of carbonyl (C=O) groups is 1. The van der Waals surface area contributed by atoms with Crippen LogP contribution < -0.4 is 4.90 Å². The topological polar surface area (TPSA) is 44.1 Å². The minimum absolute atomic E-state index is 0.137. The van der Waals surface area contributed by atoms with Gasteiger partial charge < -0.3 is 0 Å². The summed E-state index contributed by atoms with van der Waals surface area (Å²) < 4.78 is 13.2. The van der Waals surface area contributed by atoms with Gasteiger partial charge in [-0.2, -0.15) is 5.26 Å². The van der Waals surface area contributed by atoms with Crippen molar-refractivity contribution in [2.24, 2.45) is 5.92 Å². The first-order valence-corrected chi connectivity index (χ1v) is 7.54. The average Bonchev–Trinajstić information content (AvgIpc) is 2.81. The predicted molar refractivity (Wildman–Crippen MR) is 86.6 cm³/mol. The fourth-order valence-corrected chi connectivity index (χ4v) is 3.11. The van der Waals surface area contributed by atoms with Crippen molar-refractivity contribution in [1.82, 2.24) is 0 Å². The Balaban J connectivity index is 2.18. The van der Waals surface area contributed by atoms with E-state index in [4.69, 9.17) is 0 Å². The first-order valence-electron chi connectivity index (χ1n) is 7.54. The zero-order chi connectivity index (χ0) is 16.7. The highest BCUT2D eigenvalue weighted by Crippen LogP contribution is 2.42. The Morgan fingerprint density at radius 3 is 2.39 bits per heavy atom. The summed E-state index contributed by atoms with van der Waals surface area (Å²) in [4.78, 5) is 14.5. The van der Waals surface area contributed by atoms with Crippen molar-refractivity contribution in [3.8, 4) is 6.07 Å². The summed E-state index contributed by atoms with van der Waals surface area (Å²) in [5.74, 6) is -0.858. The first-order chi connectivity index (χ1) is 10.9. The summed E-state index contributed by atoms with van der Waals surface area (Å²) in [7, 11) is 0. The number of anilines is 1. The molecular formula is C19H17FN2O. The molecule has 0 saturated carbocycles. The minimum Gasteiger partial charge on any atom is -0.300 e. The van der Waals surface area contributed by atoms with Crippen LogP contribution in [0.4, 0.5) is 10.1 Å². The third-order valence-electron chi connectivity index (χ3n) is 4.49. The third-order valence-corrected chi connectivity index (χ3v) is 4.49. The monoisotopic (exact) mass is 308 g/mol. The number of carbonyl (C=O) groups excluding carboxylic acids is 1. The van der Waals surface area contributed by atoms with Gasteiger partial charge in [0.2, 0.25) is 0 Å². The van der Waals surface area contributed by atoms with Crippen LogP contribution in [0, 0.1) is 36.9 Å². The van der Waals surface area contributed by atoms with Crippen LogP contribution in [0.3, 0.4) is 0 Å². The third kappa shape index (κ3) is 2.39. The van der Waals surface area contributed by atoms with Crippen LogP contribution >= 0.6 is 0 Å². The summed E-state index contributed by atoms with van der Waals surface area (Å²) in [5, 5.41) is 9.39. The molecule has 3 rings (SSSR count). The van der Waals surface area contributed by atoms with E-state index in [2.05, 4.69) is 6.07 Å². The van der Waals surface area contributed by atoms with Crippen LogP contribution in [0.5, 0.6) is 0 Å². The SMILES string of the molecule is Cc1cc2c(cc1C)C(C(C)C#N)N(c1ccc(F)cc1)C2=O. The average molecular weight is 308 g/mol. The summed E-state index contributed by atoms with van der Waals surface area (Å²) >= 11 is 0. The number of nitriles is 1. The van der Waals surface area contributed by atoms with Gasteiger partial charge in [0.05, 0.1) is 18.0 Å². The van der Waals surface area contributed by atoms with E-state index in [1.807, 2.05) is 26.0 Å². The van der Waals surface area contributed by atoms with Gasteiger partial charge in [-0.3, -0.25) is 9.69 Å². The van der Waals surface area contributed by atoms with Gasteiger partial charge in [0.1, 0.15) is 5.82 Å². The molecule has 23 heavy (non-hydrogen) atoms. The lowest BCUT2D eigenvalue weighted by atomic mass is 9.92. The van der Waals surface area contributed by atoms with E-state index in [0.717, 1.165) is 16.7 Å². The highest BCUT2D eigenvalue weighted by molar-refractivity contribution is 6.11. The molecule has 0 aliphatic carbocycles. The maximum Gasteiger partial charge on any atom is 0.259 e. The Hall–Kier alpha value is -2.67. The van der Waals surface area contributed by atoms with E-state index >= 15 is 0 Å². The van der Waals surface area contributed by atoms with Gasteiger partial charge >= 0.3 is 0 Å². The summed E-state index contributed by atoms with van der Waals surface area (Å²) in [5.41, 5.74) is 4.24. The Morgan fingerprint density at radius 1 is 1.17 bits per heavy atom. The lowest BCUT2D eigenvalue weighted by Crippen LogP contribution is -2.31. The molecule has 2 unspecified atom stereocenters. The van der Waals surface area contributed by atoms with Crippen LogP contribution in [-0.2, 0) is 0 Å². The van der Waals surface area contributed by atoms with Crippen LogP contribution in [0.25, 0.3) is 0 Å². The van der Waals surface area contributed by atoms with E-state index in [-0.39, 0.29) is 23.7 Å². The van der Waals surface area contributed by atoms with Crippen molar-refractivity contribution in [2.75, 3.05) is 4.90 Å². The normalized spacial score (nSPS) is 17.8. The zero-order valence-corrected chi connectivity index (χ0v) is 13.3. The van der Waals surface area contributed by atoms with E-state index in [0.29, 0.717) is 11.3 Å². The first kappa shape index (κ1) is 15.2. The Labute approximate surface area is 135 Å². The molecule has 1 amide bonds. The molecule has 1 aliphatic rings. The predicted octanol–water partition coefficient (Wildman–Crippen LogP) is 4.30. The lowest BCUT2D eigenvalue weighted by Gasteiger charge is -2.27. The minimum atomic E-state index is -0.368. The van der Waals surface area contributed by atoms with Gasteiger partial charge in [-0.25, -0.2) is 4.39 Å². The number of nitrogens with zero attached hydrogens (tertiary/aromatic N) is 2. The second kappa shape index (κ2) is 5.51. The number of hydrogen-bond acceptors (Lipinski definition) is 2. The second-order valence-corrected chi connectivity index (χ2v) is 6.04. The Kier molecular flexibility index (Phi) is 3.65. The summed E-state index contributed by atoms with van der Waals surface area (Å²) in [6, 6.07) is 11.6. The number of halogens is 1. The van der Waals surface area contributed by atoms with Crippen molar-refractivity contribution in [2.45, 2.75) is 26.8 Å². The molecule has 0 fully saturated rings. The molecule has 1 heterocycles. The van der Waals surface area contributed by atoms with Crippen LogP contribution in [-0.4, -0.2) is 5.91 Å². The van der Waals surface area contributed by atoms with Gasteiger partial charge in [0, 0.05) is 11.3 Å². The summed E-state index contributed by atoms with van der Waals surface area (Å²) in [6.45, 7) is 5.76. The Morgan fingerprint density at radius 2 is 1.78 bits per heavy atom. The second-order valence-electron chi connectivity index (χ2n) is 6.04. The van der Waals surface area contributed by atoms with Crippen LogP contribution in [0.15, 0.2) is 36.4 Å². The number of hydrogen-bond donors (Lipinski definition) is 0. The van der Waals surface area contributed by atoms with Crippen molar-refractivity contribution in [3.63, 3.8) is 0 Å². The number of aryl methyl sites for hydroxylation is 2. The molecule has 0 bridgehead atoms. The van der Waals surface area contributed by atoms with E-state index < -0.39 is 0 Å². The number of amides is 1. The molecule has 2 aromatic carbocycles. The van der Waals surface area contributed by atoms with Crippen LogP contribution in [0.2, 0.25) is 0 Å². The van der Waals surface area contributed by atoms with Crippen molar-refractivity contribution >= 4 is 11.6 Å². The van der Waals surface area contributed by atoms with Gasteiger partial charge in [-0.15, -0.1) is 0 Å². The van der Waals surface area contributed by atoms with Crippen molar-refractivity contribution in [1.29, 1.82) is 5.26 Å². The molecule has 0 N–H and O–H groups in total. The molecule has 0 saturated heterocycles. The molecule has 1 aliphatic heterocycles. The number of benzene rings is 2. The smallest absolute Gasteiger partial charge is 0.259 e. The van der Waals surface area contributed by atoms with Gasteiger partial charge in [-0.1, -0.05) is 6.07 Å². The van der Waals surface area contributed by atoms with E-state index in [1.165, 1.54) is 12.1 Å². The lowest BCUT2D eigenvalue weighted by molar-refractivity contribution is 0.0988. The molecule has 2 atom stereocenters. The quantitative estimate of drug-likeness (QED) is 0.830. The standard InChI is InChI=1S/C19H17FN2O/c1-11-8-16-17(9-12(11)2)19(23)22(18(16)13(3)10-21)15-6-4-14(20)5-7-15/h4-9,13,18H,1-3H3. The van der Waals surface area contributed by atoms with Crippen LogP contribution in [0.1, 0.15) is 40.0 Å². The fourth-order valence-electron chi connectivity index (χ4n) is 3.11. The molecule has 4 heteroatoms. The largest absolute Gasteiger partial charge is 0.300 e. The van der Waals surface area contributed by atoms with Crippen molar-refractivity contribution < 1.29 is 9.18 Å². The number of rotatable bonds is 2. The summed E-state index contributed by atoms with van der Waals surface area (Å²) in [6.07, 6.45) is 0. The highest BCUT2D eigenvalue weighted by atomic mass is 19.1. The van der Waals surface area contributed by atoms with Gasteiger partial charge in [-0.05, 0) is 67.8 Å². The molecule has 3 nitrogen and oxygen atoms in total. The maximum absolute atomic E-state index is 13.2. The Bertz CT molecular complexity index is 820. The van der Waals surface area contributed by atoms with Gasteiger partial charge in [0.25, 0.3) is 5.91 Å².